The molecule has 2 heterocycles. The third-order valence-corrected chi connectivity index (χ3v) is 6.51. The van der Waals surface area contributed by atoms with Gasteiger partial charge in [-0.1, -0.05) is 0 Å². The zero-order chi connectivity index (χ0) is 23.2. The number of nitriles is 1. The Labute approximate surface area is 195 Å². The van der Waals surface area contributed by atoms with Crippen molar-refractivity contribution in [3.05, 3.63) is 48.3 Å². The normalized spacial score (nSPS) is 21.2. The van der Waals surface area contributed by atoms with Crippen molar-refractivity contribution in [1.82, 2.24) is 0 Å². The molecule has 176 valence electrons. The maximum absolute atomic E-state index is 14.3. The number of hydrogen-bond acceptors (Lipinski definition) is 6. The first-order chi connectivity index (χ1) is 16.1. The molecule has 0 amide bonds. The van der Waals surface area contributed by atoms with E-state index in [0.717, 1.165) is 50.3 Å². The summed E-state index contributed by atoms with van der Waals surface area (Å²) in [5.74, 6) is 1.27. The van der Waals surface area contributed by atoms with Gasteiger partial charge in [0.1, 0.15) is 23.4 Å². The average molecular weight is 454 g/mol. The van der Waals surface area contributed by atoms with Crippen LogP contribution in [-0.4, -0.2) is 51.6 Å². The maximum Gasteiger partial charge on any atom is 0.146 e. The van der Waals surface area contributed by atoms with Gasteiger partial charge in [0.15, 0.2) is 0 Å². The lowest BCUT2D eigenvalue weighted by Crippen LogP contribution is -2.38. The predicted molar refractivity (Wildman–Crippen MR) is 127 cm³/mol. The smallest absolute Gasteiger partial charge is 0.146 e. The number of rotatable bonds is 8. The first kappa shape index (κ1) is 23.2. The van der Waals surface area contributed by atoms with E-state index in [2.05, 4.69) is 28.0 Å². The van der Waals surface area contributed by atoms with Crippen LogP contribution in [0, 0.1) is 17.1 Å². The fraction of sp³-hybridized carbons (Fsp3) is 0.500. The Morgan fingerprint density at radius 1 is 1.06 bits per heavy atom. The fourth-order valence-electron chi connectivity index (χ4n) is 4.83. The maximum atomic E-state index is 14.3. The molecule has 0 radical (unpaired) electrons. The molecule has 0 aliphatic carbocycles. The first-order valence-corrected chi connectivity index (χ1v) is 11.7. The highest BCUT2D eigenvalue weighted by molar-refractivity contribution is 5.53. The standard InChI is InChI=1S/C26H32FN3O3/c1-3-32-24-16-20(10-13-28)30(18-24)19-4-6-21(7-5-19)33-22-11-14-29(15-12-22)26-17-23(31-2)8-9-25(26)27/h4-9,17,20,22,24H,3,10-12,14-16,18H2,1-2H3. The monoisotopic (exact) mass is 453 g/mol. The lowest BCUT2D eigenvalue weighted by atomic mass is 10.1. The lowest BCUT2D eigenvalue weighted by molar-refractivity contribution is 0.0766. The van der Waals surface area contributed by atoms with E-state index in [-0.39, 0.29) is 24.1 Å². The van der Waals surface area contributed by atoms with Crippen LogP contribution in [0.25, 0.3) is 0 Å². The summed E-state index contributed by atoms with van der Waals surface area (Å²) in [4.78, 5) is 4.33. The molecule has 2 aromatic carbocycles. The van der Waals surface area contributed by atoms with E-state index >= 15 is 0 Å². The molecule has 7 heteroatoms. The second-order valence-corrected chi connectivity index (χ2v) is 8.60. The molecule has 0 aromatic heterocycles. The van der Waals surface area contributed by atoms with Gasteiger partial charge in [0.05, 0.1) is 31.4 Å². The molecule has 2 aliphatic rings. The van der Waals surface area contributed by atoms with Gasteiger partial charge in [-0.2, -0.15) is 5.26 Å². The van der Waals surface area contributed by atoms with Gasteiger partial charge in [0.2, 0.25) is 0 Å². The zero-order valence-electron chi connectivity index (χ0n) is 19.4. The van der Waals surface area contributed by atoms with E-state index in [9.17, 15) is 9.65 Å². The third kappa shape index (κ3) is 5.51. The van der Waals surface area contributed by atoms with Crippen molar-refractivity contribution in [3.63, 3.8) is 0 Å². The fourth-order valence-corrected chi connectivity index (χ4v) is 4.83. The minimum Gasteiger partial charge on any atom is -0.497 e. The van der Waals surface area contributed by atoms with Gasteiger partial charge in [-0.05, 0) is 49.7 Å². The topological polar surface area (TPSA) is 58.0 Å². The van der Waals surface area contributed by atoms with Crippen LogP contribution in [0.2, 0.25) is 0 Å². The van der Waals surface area contributed by atoms with Crippen LogP contribution in [0.5, 0.6) is 11.5 Å². The van der Waals surface area contributed by atoms with Crippen LogP contribution in [-0.2, 0) is 4.74 Å². The highest BCUT2D eigenvalue weighted by atomic mass is 19.1. The number of anilines is 2. The summed E-state index contributed by atoms with van der Waals surface area (Å²) in [6.07, 6.45) is 3.29. The summed E-state index contributed by atoms with van der Waals surface area (Å²) in [6, 6.07) is 15.5. The molecule has 0 N–H and O–H groups in total. The molecule has 2 atom stereocenters. The van der Waals surface area contributed by atoms with Crippen LogP contribution >= 0.6 is 0 Å². The van der Waals surface area contributed by atoms with Crippen molar-refractivity contribution < 1.29 is 18.6 Å². The Balaban J connectivity index is 1.33. The Hall–Kier alpha value is -2.98. The largest absolute Gasteiger partial charge is 0.497 e. The van der Waals surface area contributed by atoms with Gasteiger partial charge in [0.25, 0.3) is 0 Å². The van der Waals surface area contributed by atoms with Crippen molar-refractivity contribution in [2.24, 2.45) is 0 Å². The van der Waals surface area contributed by atoms with Gasteiger partial charge in [-0.25, -0.2) is 4.39 Å². The molecule has 2 aromatic rings. The van der Waals surface area contributed by atoms with Crippen LogP contribution < -0.4 is 19.3 Å². The zero-order valence-corrected chi connectivity index (χ0v) is 19.4. The summed E-state index contributed by atoms with van der Waals surface area (Å²) in [5, 5.41) is 9.20. The summed E-state index contributed by atoms with van der Waals surface area (Å²) in [6.45, 7) is 4.96. The highest BCUT2D eigenvalue weighted by Crippen LogP contribution is 2.32. The number of hydrogen-bond donors (Lipinski definition) is 0. The molecular formula is C26H32FN3O3. The summed E-state index contributed by atoms with van der Waals surface area (Å²) in [7, 11) is 1.59. The van der Waals surface area contributed by atoms with Crippen molar-refractivity contribution >= 4 is 11.4 Å². The minimum absolute atomic E-state index is 0.0984. The SMILES string of the molecule is CCOC1CC(CC#N)N(c2ccc(OC3CCN(c4cc(OC)ccc4F)CC3)cc2)C1. The van der Waals surface area contributed by atoms with Gasteiger partial charge in [-0.15, -0.1) is 0 Å². The average Bonchev–Trinajstić information content (AvgIpc) is 3.23. The highest BCUT2D eigenvalue weighted by Gasteiger charge is 2.32. The number of ether oxygens (including phenoxy) is 3. The number of piperidine rings is 1. The quantitative estimate of drug-likeness (QED) is 0.573. The van der Waals surface area contributed by atoms with Crippen molar-refractivity contribution in [1.29, 1.82) is 5.26 Å². The van der Waals surface area contributed by atoms with Crippen LogP contribution in [0.1, 0.15) is 32.6 Å². The number of methoxy groups -OCH3 is 1. The molecular weight excluding hydrogens is 421 g/mol. The summed E-state index contributed by atoms with van der Waals surface area (Å²) in [5.41, 5.74) is 1.67. The Morgan fingerprint density at radius 3 is 2.45 bits per heavy atom. The van der Waals surface area contributed by atoms with Gasteiger partial charge in [-0.3, -0.25) is 0 Å². The minimum atomic E-state index is -0.228. The summed E-state index contributed by atoms with van der Waals surface area (Å²) < 4.78 is 31.6. The number of nitrogens with zero attached hydrogens (tertiary/aromatic N) is 3. The molecule has 2 unspecified atom stereocenters. The number of benzene rings is 2. The lowest BCUT2D eigenvalue weighted by Gasteiger charge is -2.34. The molecule has 4 rings (SSSR count). The van der Waals surface area contributed by atoms with E-state index in [1.807, 2.05) is 19.1 Å². The van der Waals surface area contributed by atoms with Gasteiger partial charge in [0, 0.05) is 56.9 Å². The van der Waals surface area contributed by atoms with E-state index in [1.54, 1.807) is 19.2 Å². The van der Waals surface area contributed by atoms with Gasteiger partial charge < -0.3 is 24.0 Å². The van der Waals surface area contributed by atoms with E-state index in [4.69, 9.17) is 14.2 Å². The first-order valence-electron chi connectivity index (χ1n) is 11.7. The molecule has 0 spiro atoms. The molecule has 0 bridgehead atoms. The van der Waals surface area contributed by atoms with Crippen LogP contribution in [0.15, 0.2) is 42.5 Å². The Kier molecular flexibility index (Phi) is 7.56. The second kappa shape index (κ2) is 10.8. The molecule has 2 fully saturated rings. The van der Waals surface area contributed by atoms with E-state index < -0.39 is 0 Å². The molecule has 0 saturated carbocycles. The second-order valence-electron chi connectivity index (χ2n) is 8.60. The molecule has 33 heavy (non-hydrogen) atoms. The molecule has 6 nitrogen and oxygen atoms in total. The van der Waals surface area contributed by atoms with E-state index in [0.29, 0.717) is 24.5 Å². The Morgan fingerprint density at radius 2 is 1.79 bits per heavy atom. The van der Waals surface area contributed by atoms with Crippen LogP contribution in [0.3, 0.4) is 0 Å². The van der Waals surface area contributed by atoms with Crippen molar-refractivity contribution in [2.45, 2.75) is 50.9 Å². The molecule has 2 saturated heterocycles. The molecule has 2 aliphatic heterocycles. The number of halogens is 1. The van der Waals surface area contributed by atoms with Crippen molar-refractivity contribution in [2.75, 3.05) is 43.2 Å². The predicted octanol–water partition coefficient (Wildman–Crippen LogP) is 4.78. The van der Waals surface area contributed by atoms with Gasteiger partial charge >= 0.3 is 0 Å². The third-order valence-electron chi connectivity index (χ3n) is 6.51. The van der Waals surface area contributed by atoms with Crippen LogP contribution in [0.4, 0.5) is 15.8 Å². The Bertz CT molecular complexity index is 954. The summed E-state index contributed by atoms with van der Waals surface area (Å²) >= 11 is 0. The van der Waals surface area contributed by atoms with E-state index in [1.165, 1.54) is 6.07 Å². The van der Waals surface area contributed by atoms with Crippen molar-refractivity contribution in [3.8, 4) is 17.6 Å².